The number of amides is 1. The molecule has 0 radical (unpaired) electrons. The van der Waals surface area contributed by atoms with Crippen LogP contribution in [0, 0.1) is 0 Å². The number of nitrogen functional groups attached to an aromatic ring is 1. The molecule has 4 N–H and O–H groups in total. The zero-order valence-electron chi connectivity index (χ0n) is 14.9. The van der Waals surface area contributed by atoms with Crippen molar-refractivity contribution >= 4 is 40.5 Å². The summed E-state index contributed by atoms with van der Waals surface area (Å²) in [5, 5.41) is 12.8. The normalized spacial score (nSPS) is 24.6. The number of anilines is 1. The Morgan fingerprint density at radius 1 is 1.45 bits per heavy atom. The second kappa shape index (κ2) is 7.63. The molecular weight excluding hydrogens is 421 g/mol. The number of aliphatic hydroxyl groups is 1. The van der Waals surface area contributed by atoms with Gasteiger partial charge in [-0.3, -0.25) is 4.79 Å². The molecule has 0 spiro atoms. The van der Waals surface area contributed by atoms with Crippen LogP contribution < -0.4 is 11.1 Å². The molecule has 4 atom stereocenters. The van der Waals surface area contributed by atoms with Crippen molar-refractivity contribution in [2.75, 3.05) is 5.73 Å². The number of aromatic nitrogens is 4. The van der Waals surface area contributed by atoms with Crippen molar-refractivity contribution in [3.63, 3.8) is 0 Å². The summed E-state index contributed by atoms with van der Waals surface area (Å²) in [4.78, 5) is 34.8. The number of hydrogen-bond donors (Lipinski definition) is 3. The molecule has 1 amide bonds. The zero-order valence-corrected chi connectivity index (χ0v) is 15.6. The Kier molecular flexibility index (Phi) is 5.54. The average Bonchev–Trinajstić information content (AvgIpc) is 3.17. The molecule has 0 bridgehead atoms. The van der Waals surface area contributed by atoms with Crippen LogP contribution in [0.4, 0.5) is 19.0 Å². The van der Waals surface area contributed by atoms with Crippen molar-refractivity contribution in [1.82, 2.24) is 24.8 Å². The van der Waals surface area contributed by atoms with Gasteiger partial charge in [-0.25, -0.2) is 9.78 Å². The Balaban J connectivity index is 2.01. The number of aliphatic hydroxyl groups excluding tert-OH is 1. The number of carbonyl (C=O) groups is 2. The smallest absolute Gasteiger partial charge is 0.451 e. The standard InChI is InChI=1S/C15H16ClF3N6O4/c1-2-7(26)22-5-3-6(10(9(5)27)29-13(28)15(17,18)19)25-4-21-8-11(20)23-14(16)24-12(8)25/h4-6,9-10,27H,2-3H2,1H3,(H,22,26)(H2,20,23,24)/t5-,6+,9+,10-/m0/s1. The van der Waals surface area contributed by atoms with Crippen LogP contribution in [0.3, 0.4) is 0 Å². The Labute approximate surface area is 166 Å². The van der Waals surface area contributed by atoms with Crippen molar-refractivity contribution in [3.8, 4) is 0 Å². The van der Waals surface area contributed by atoms with Crippen molar-refractivity contribution < 1.29 is 32.6 Å². The molecule has 0 aliphatic heterocycles. The third-order valence-electron chi connectivity index (χ3n) is 4.54. The van der Waals surface area contributed by atoms with Crippen LogP contribution in [0.25, 0.3) is 11.2 Å². The predicted molar refractivity (Wildman–Crippen MR) is 92.6 cm³/mol. The van der Waals surface area contributed by atoms with Crippen molar-refractivity contribution in [3.05, 3.63) is 11.6 Å². The first kappa shape index (κ1) is 21.0. The summed E-state index contributed by atoms with van der Waals surface area (Å²) < 4.78 is 44.0. The second-order valence-corrected chi connectivity index (χ2v) is 6.73. The highest BCUT2D eigenvalue weighted by Crippen LogP contribution is 2.37. The molecule has 0 aromatic carbocycles. The van der Waals surface area contributed by atoms with Crippen LogP contribution in [-0.4, -0.2) is 60.9 Å². The number of fused-ring (bicyclic) bond motifs is 1. The fraction of sp³-hybridized carbons (Fsp3) is 0.533. The van der Waals surface area contributed by atoms with Crippen LogP contribution in [0.5, 0.6) is 0 Å². The molecular formula is C15H16ClF3N6O4. The summed E-state index contributed by atoms with van der Waals surface area (Å²) in [7, 11) is 0. The van der Waals surface area contributed by atoms with Gasteiger partial charge in [-0.1, -0.05) is 6.92 Å². The number of imidazole rings is 1. The van der Waals surface area contributed by atoms with Gasteiger partial charge in [0.25, 0.3) is 0 Å². The highest BCUT2D eigenvalue weighted by Gasteiger charge is 2.51. The molecule has 3 rings (SSSR count). The SMILES string of the molecule is CCC(=O)N[C@H]1C[C@@H](n2cnc3c(N)nc(Cl)nc32)[C@H](OC(=O)C(F)(F)F)[C@@H]1O. The van der Waals surface area contributed by atoms with Gasteiger partial charge in [-0.2, -0.15) is 23.1 Å². The van der Waals surface area contributed by atoms with Gasteiger partial charge in [0.2, 0.25) is 11.2 Å². The topological polar surface area (TPSA) is 145 Å². The van der Waals surface area contributed by atoms with Crippen LogP contribution in [0.15, 0.2) is 6.33 Å². The van der Waals surface area contributed by atoms with Crippen LogP contribution in [0.2, 0.25) is 5.28 Å². The molecule has 2 aromatic rings. The highest BCUT2D eigenvalue weighted by molar-refractivity contribution is 6.28. The largest absolute Gasteiger partial charge is 0.490 e. The molecule has 2 aromatic heterocycles. The second-order valence-electron chi connectivity index (χ2n) is 6.39. The fourth-order valence-corrected chi connectivity index (χ4v) is 3.38. The Bertz CT molecular complexity index is 952. The lowest BCUT2D eigenvalue weighted by Crippen LogP contribution is -2.45. The van der Waals surface area contributed by atoms with Gasteiger partial charge in [0.1, 0.15) is 11.6 Å². The molecule has 14 heteroatoms. The number of rotatable bonds is 4. The van der Waals surface area contributed by atoms with E-state index in [1.54, 1.807) is 6.92 Å². The molecule has 2 heterocycles. The van der Waals surface area contributed by atoms with Crippen molar-refractivity contribution in [1.29, 1.82) is 0 Å². The number of alkyl halides is 3. The number of ether oxygens (including phenoxy) is 1. The first-order valence-corrected chi connectivity index (χ1v) is 8.81. The molecule has 0 saturated heterocycles. The van der Waals surface area contributed by atoms with E-state index in [0.29, 0.717) is 0 Å². The first-order valence-electron chi connectivity index (χ1n) is 8.43. The van der Waals surface area contributed by atoms with Gasteiger partial charge in [-0.05, 0) is 18.0 Å². The van der Waals surface area contributed by atoms with E-state index in [2.05, 4.69) is 25.0 Å². The Morgan fingerprint density at radius 2 is 2.14 bits per heavy atom. The molecule has 1 fully saturated rings. The first-order chi connectivity index (χ1) is 13.5. The molecule has 0 unspecified atom stereocenters. The summed E-state index contributed by atoms with van der Waals surface area (Å²) in [6.45, 7) is 1.57. The van der Waals surface area contributed by atoms with E-state index in [0.717, 1.165) is 0 Å². The Morgan fingerprint density at radius 3 is 2.76 bits per heavy atom. The number of carbonyl (C=O) groups excluding carboxylic acids is 2. The third-order valence-corrected chi connectivity index (χ3v) is 4.71. The maximum Gasteiger partial charge on any atom is 0.490 e. The number of hydrogen-bond acceptors (Lipinski definition) is 8. The summed E-state index contributed by atoms with van der Waals surface area (Å²) in [5.41, 5.74) is 5.94. The highest BCUT2D eigenvalue weighted by atomic mass is 35.5. The quantitative estimate of drug-likeness (QED) is 0.470. The lowest BCUT2D eigenvalue weighted by Gasteiger charge is -2.24. The summed E-state index contributed by atoms with van der Waals surface area (Å²) >= 11 is 5.80. The number of halogens is 4. The van der Waals surface area contributed by atoms with E-state index in [-0.39, 0.29) is 35.1 Å². The van der Waals surface area contributed by atoms with E-state index in [1.165, 1.54) is 10.9 Å². The van der Waals surface area contributed by atoms with Gasteiger partial charge in [-0.15, -0.1) is 0 Å². The van der Waals surface area contributed by atoms with Crippen LogP contribution >= 0.6 is 11.6 Å². The average molecular weight is 437 g/mol. The van der Waals surface area contributed by atoms with Crippen molar-refractivity contribution in [2.45, 2.75) is 50.2 Å². The molecule has 158 valence electrons. The monoisotopic (exact) mass is 436 g/mol. The van der Waals surface area contributed by atoms with E-state index in [1.807, 2.05) is 0 Å². The molecule has 1 aliphatic carbocycles. The lowest BCUT2D eigenvalue weighted by atomic mass is 10.2. The van der Waals surface area contributed by atoms with Gasteiger partial charge >= 0.3 is 12.1 Å². The lowest BCUT2D eigenvalue weighted by molar-refractivity contribution is -0.209. The van der Waals surface area contributed by atoms with E-state index in [4.69, 9.17) is 17.3 Å². The minimum absolute atomic E-state index is 0.0584. The number of nitrogens with one attached hydrogen (secondary N) is 1. The predicted octanol–water partition coefficient (Wildman–Crippen LogP) is 0.736. The minimum Gasteiger partial charge on any atom is -0.451 e. The maximum atomic E-state index is 12.7. The van der Waals surface area contributed by atoms with Crippen LogP contribution in [0.1, 0.15) is 25.8 Å². The fourth-order valence-electron chi connectivity index (χ4n) is 3.21. The van der Waals surface area contributed by atoms with E-state index < -0.39 is 42.3 Å². The maximum absolute atomic E-state index is 12.7. The van der Waals surface area contributed by atoms with Gasteiger partial charge < -0.3 is 25.5 Å². The summed E-state index contributed by atoms with van der Waals surface area (Å²) in [6.07, 6.45) is -7.26. The van der Waals surface area contributed by atoms with Gasteiger partial charge in [0.05, 0.1) is 18.4 Å². The van der Waals surface area contributed by atoms with Crippen LogP contribution in [-0.2, 0) is 14.3 Å². The Hall–Kier alpha value is -2.67. The number of esters is 1. The summed E-state index contributed by atoms with van der Waals surface area (Å²) in [6, 6.07) is -2.00. The van der Waals surface area contributed by atoms with E-state index in [9.17, 15) is 27.9 Å². The zero-order chi connectivity index (χ0) is 21.5. The third kappa shape index (κ3) is 4.05. The molecule has 10 nitrogen and oxygen atoms in total. The van der Waals surface area contributed by atoms with Gasteiger partial charge in [0.15, 0.2) is 17.6 Å². The van der Waals surface area contributed by atoms with Gasteiger partial charge in [0, 0.05) is 6.42 Å². The molecule has 1 aliphatic rings. The minimum atomic E-state index is -5.26. The number of nitrogens with zero attached hydrogens (tertiary/aromatic N) is 4. The molecule has 29 heavy (non-hydrogen) atoms. The van der Waals surface area contributed by atoms with Crippen molar-refractivity contribution in [2.24, 2.45) is 0 Å². The van der Waals surface area contributed by atoms with E-state index >= 15 is 0 Å². The number of nitrogens with two attached hydrogens (primary N) is 1. The molecule has 1 saturated carbocycles. The summed E-state index contributed by atoms with van der Waals surface area (Å²) in [5.74, 6) is -2.96.